The standard InChI is InChI=1S/C32H38O20/c33-7-16-20(38)23(41)26(44)31(50-16)48-12-5-13(35)18-15(6-12)49-28(10-1-3-11(34)4-2-10)29(22(18)40)52-32-27(45)24(42)21(39)17(51-32)9-47-30-25(43)19(37)14(36)8-46-30/h1-6,14,16-17,19-21,23-27,30-39,41-45H,7-9H2/t14-,16-,17-,19+,20+,21-,23-,24+,25-,26-,27-,30+,31-,32+/m0/s1. The number of hydrogen-bond acceptors (Lipinski definition) is 20. The molecule has 0 radical (unpaired) electrons. The van der Waals surface area contributed by atoms with E-state index >= 15 is 0 Å². The van der Waals surface area contributed by atoms with Gasteiger partial charge in [-0.2, -0.15) is 0 Å². The molecule has 0 saturated carbocycles. The molecule has 0 bridgehead atoms. The number of aromatic hydroxyl groups is 2. The second kappa shape index (κ2) is 15.3. The lowest BCUT2D eigenvalue weighted by Gasteiger charge is -2.41. The van der Waals surface area contributed by atoms with Crippen LogP contribution in [0.4, 0.5) is 0 Å². The van der Waals surface area contributed by atoms with Crippen LogP contribution in [0.15, 0.2) is 45.6 Å². The third-order valence-electron chi connectivity index (χ3n) is 8.92. The van der Waals surface area contributed by atoms with E-state index in [1.807, 2.05) is 0 Å². The SMILES string of the molecule is O=c1c(O[C@H]2O[C@@H](CO[C@H]3OC[C@H](O)[C@@H](O)[C@@H]3O)[C@H](O)[C@@H](O)[C@@H]2O)c(-c2ccc(O)cc2)oc2cc(O[C@H]3O[C@@H](CO)[C@@H](O)[C@H](O)[C@@H]3O)cc(O)c12. The number of hydrogen-bond donors (Lipinski definition) is 12. The van der Waals surface area contributed by atoms with Gasteiger partial charge >= 0.3 is 0 Å². The Kier molecular flexibility index (Phi) is 11.2. The molecule has 0 aliphatic carbocycles. The van der Waals surface area contributed by atoms with Gasteiger partial charge < -0.3 is 94.1 Å². The molecule has 3 aromatic rings. The maximum atomic E-state index is 14.0. The zero-order valence-corrected chi connectivity index (χ0v) is 26.8. The fourth-order valence-corrected chi connectivity index (χ4v) is 5.92. The van der Waals surface area contributed by atoms with Crippen LogP contribution in [-0.2, 0) is 18.9 Å². The van der Waals surface area contributed by atoms with E-state index in [9.17, 15) is 66.1 Å². The molecule has 286 valence electrons. The first kappa shape index (κ1) is 38.0. The summed E-state index contributed by atoms with van der Waals surface area (Å²) in [6.45, 7) is -1.75. The van der Waals surface area contributed by atoms with Gasteiger partial charge in [-0.15, -0.1) is 0 Å². The highest BCUT2D eigenvalue weighted by atomic mass is 16.7. The van der Waals surface area contributed by atoms with Crippen LogP contribution >= 0.6 is 0 Å². The Morgan fingerprint density at radius 2 is 1.29 bits per heavy atom. The lowest BCUT2D eigenvalue weighted by Crippen LogP contribution is -2.61. The molecule has 14 atom stereocenters. The molecule has 3 saturated heterocycles. The minimum atomic E-state index is -1.99. The van der Waals surface area contributed by atoms with Crippen molar-refractivity contribution in [3.8, 4) is 34.3 Å². The minimum Gasteiger partial charge on any atom is -0.508 e. The summed E-state index contributed by atoms with van der Waals surface area (Å²) in [6.07, 6.45) is -23.6. The van der Waals surface area contributed by atoms with Gasteiger partial charge in [0.1, 0.15) is 95.4 Å². The van der Waals surface area contributed by atoms with Crippen molar-refractivity contribution in [2.75, 3.05) is 19.8 Å². The third-order valence-corrected chi connectivity index (χ3v) is 8.92. The molecule has 0 amide bonds. The lowest BCUT2D eigenvalue weighted by molar-refractivity contribution is -0.307. The molecule has 4 heterocycles. The molecule has 3 aliphatic heterocycles. The number of rotatable bonds is 9. The van der Waals surface area contributed by atoms with Crippen molar-refractivity contribution < 1.29 is 94.1 Å². The summed E-state index contributed by atoms with van der Waals surface area (Å²) in [5.41, 5.74) is -1.26. The lowest BCUT2D eigenvalue weighted by atomic mass is 9.99. The van der Waals surface area contributed by atoms with E-state index in [4.69, 9.17) is 32.8 Å². The molecule has 12 N–H and O–H groups in total. The van der Waals surface area contributed by atoms with Crippen molar-refractivity contribution >= 4 is 11.0 Å². The summed E-state index contributed by atoms with van der Waals surface area (Å²) in [7, 11) is 0. The summed E-state index contributed by atoms with van der Waals surface area (Å²) in [4.78, 5) is 14.0. The molecule has 0 unspecified atom stereocenters. The predicted molar refractivity (Wildman–Crippen MR) is 167 cm³/mol. The molecule has 20 heteroatoms. The second-order valence-corrected chi connectivity index (χ2v) is 12.5. The number of phenolic OH excluding ortho intramolecular Hbond substituents is 2. The van der Waals surface area contributed by atoms with Crippen molar-refractivity contribution in [2.24, 2.45) is 0 Å². The van der Waals surface area contributed by atoms with Gasteiger partial charge in [-0.1, -0.05) is 0 Å². The molecule has 1 aromatic heterocycles. The first-order chi connectivity index (χ1) is 24.7. The molecule has 20 nitrogen and oxygen atoms in total. The van der Waals surface area contributed by atoms with Gasteiger partial charge in [0.2, 0.25) is 23.8 Å². The van der Waals surface area contributed by atoms with Crippen molar-refractivity contribution in [3.05, 3.63) is 46.6 Å². The van der Waals surface area contributed by atoms with E-state index in [0.717, 1.165) is 12.1 Å². The van der Waals surface area contributed by atoms with E-state index in [1.54, 1.807) is 0 Å². The van der Waals surface area contributed by atoms with Gasteiger partial charge in [0.15, 0.2) is 12.1 Å². The fourth-order valence-electron chi connectivity index (χ4n) is 5.92. The summed E-state index contributed by atoms with van der Waals surface area (Å²) in [5.74, 6) is -2.20. The summed E-state index contributed by atoms with van der Waals surface area (Å²) in [6, 6.07) is 7.20. The van der Waals surface area contributed by atoms with Crippen LogP contribution in [-0.4, -0.2) is 167 Å². The van der Waals surface area contributed by atoms with Gasteiger partial charge in [-0.05, 0) is 24.3 Å². The second-order valence-electron chi connectivity index (χ2n) is 12.5. The van der Waals surface area contributed by atoms with Gasteiger partial charge in [0, 0.05) is 17.7 Å². The average molecular weight is 743 g/mol. The van der Waals surface area contributed by atoms with Crippen LogP contribution in [0.1, 0.15) is 0 Å². The van der Waals surface area contributed by atoms with Crippen LogP contribution in [0.25, 0.3) is 22.3 Å². The highest BCUT2D eigenvalue weighted by Gasteiger charge is 2.48. The van der Waals surface area contributed by atoms with E-state index in [1.165, 1.54) is 24.3 Å². The number of ether oxygens (including phenoxy) is 6. The Morgan fingerprint density at radius 1 is 0.692 bits per heavy atom. The molecule has 6 rings (SSSR count). The number of phenols is 2. The smallest absolute Gasteiger partial charge is 0.239 e. The van der Waals surface area contributed by atoms with E-state index in [0.29, 0.717) is 0 Å². The summed E-state index contributed by atoms with van der Waals surface area (Å²) in [5, 5.41) is 122. The molecular formula is C32H38O20. The van der Waals surface area contributed by atoms with E-state index in [2.05, 4.69) is 0 Å². The van der Waals surface area contributed by atoms with Gasteiger partial charge in [0.05, 0.1) is 19.8 Å². The topological polar surface area (TPSA) is 328 Å². The minimum absolute atomic E-state index is 0.112. The quantitative estimate of drug-likeness (QED) is 0.0986. The van der Waals surface area contributed by atoms with E-state index < -0.39 is 128 Å². The van der Waals surface area contributed by atoms with Crippen LogP contribution < -0.4 is 14.9 Å². The number of fused-ring (bicyclic) bond motifs is 1. The van der Waals surface area contributed by atoms with Crippen molar-refractivity contribution in [3.63, 3.8) is 0 Å². The Hall–Kier alpha value is -3.71. The van der Waals surface area contributed by atoms with Crippen LogP contribution in [0.5, 0.6) is 23.0 Å². The third kappa shape index (κ3) is 7.27. The maximum Gasteiger partial charge on any atom is 0.239 e. The predicted octanol–water partition coefficient (Wildman–Crippen LogP) is -4.31. The molecular weight excluding hydrogens is 704 g/mol. The molecule has 52 heavy (non-hydrogen) atoms. The Balaban J connectivity index is 1.32. The summed E-state index contributed by atoms with van der Waals surface area (Å²) >= 11 is 0. The number of benzene rings is 2. The Bertz CT molecular complexity index is 1750. The van der Waals surface area contributed by atoms with Gasteiger partial charge in [-0.25, -0.2) is 0 Å². The maximum absolute atomic E-state index is 14.0. The van der Waals surface area contributed by atoms with Gasteiger partial charge in [0.25, 0.3) is 0 Å². The molecule has 3 fully saturated rings. The van der Waals surface area contributed by atoms with E-state index in [-0.39, 0.29) is 28.4 Å². The largest absolute Gasteiger partial charge is 0.508 e. The highest BCUT2D eigenvalue weighted by Crippen LogP contribution is 2.38. The first-order valence-electron chi connectivity index (χ1n) is 15.9. The Morgan fingerprint density at radius 3 is 1.94 bits per heavy atom. The van der Waals surface area contributed by atoms with Crippen LogP contribution in [0.2, 0.25) is 0 Å². The number of aliphatic hydroxyl groups is 10. The molecule has 0 spiro atoms. The van der Waals surface area contributed by atoms with Crippen molar-refractivity contribution in [2.45, 2.75) is 86.0 Å². The van der Waals surface area contributed by atoms with Gasteiger partial charge in [-0.3, -0.25) is 4.79 Å². The van der Waals surface area contributed by atoms with Crippen molar-refractivity contribution in [1.82, 2.24) is 0 Å². The molecule has 2 aromatic carbocycles. The highest BCUT2D eigenvalue weighted by molar-refractivity contribution is 5.88. The summed E-state index contributed by atoms with van der Waals surface area (Å²) < 4.78 is 38.9. The van der Waals surface area contributed by atoms with Crippen LogP contribution in [0.3, 0.4) is 0 Å². The monoisotopic (exact) mass is 742 g/mol. The average Bonchev–Trinajstić information content (AvgIpc) is 3.12. The molecule has 3 aliphatic rings. The van der Waals surface area contributed by atoms with Crippen molar-refractivity contribution in [1.29, 1.82) is 0 Å². The first-order valence-corrected chi connectivity index (χ1v) is 15.9. The fraction of sp³-hybridized carbons (Fsp3) is 0.531. The zero-order valence-electron chi connectivity index (χ0n) is 26.8. The Labute approximate surface area is 292 Å². The van der Waals surface area contributed by atoms with Crippen LogP contribution in [0, 0.1) is 0 Å². The number of aliphatic hydroxyl groups excluding tert-OH is 10. The zero-order chi connectivity index (χ0) is 37.6. The normalized spacial score (nSPS) is 36.8.